The van der Waals surface area contributed by atoms with Gasteiger partial charge in [-0.1, -0.05) is 127 Å². The summed E-state index contributed by atoms with van der Waals surface area (Å²) in [5.74, 6) is 3.63. The highest BCUT2D eigenvalue weighted by Crippen LogP contribution is 2.47. The third kappa shape index (κ3) is 6.14. The van der Waals surface area contributed by atoms with Gasteiger partial charge in [0.2, 0.25) is 0 Å². The normalized spacial score (nSPS) is 17.4. The van der Waals surface area contributed by atoms with Crippen LogP contribution in [0.15, 0.2) is 180 Å². The van der Waals surface area contributed by atoms with E-state index in [1.807, 2.05) is 18.3 Å². The number of rotatable bonds is 7. The number of fused-ring (bicyclic) bond motifs is 2. The van der Waals surface area contributed by atoms with Gasteiger partial charge in [-0.25, -0.2) is 9.97 Å². The molecule has 2 aliphatic rings. The smallest absolute Gasteiger partial charge is 0.137 e. The van der Waals surface area contributed by atoms with E-state index in [0.29, 0.717) is 0 Å². The fourth-order valence-corrected chi connectivity index (χ4v) is 9.27. The molecule has 0 spiro atoms. The van der Waals surface area contributed by atoms with Crippen molar-refractivity contribution in [3.05, 3.63) is 181 Å². The number of benzene rings is 6. The van der Waals surface area contributed by atoms with Gasteiger partial charge < -0.3 is 9.80 Å². The minimum atomic E-state index is -0.333. The Hall–Kier alpha value is -6.92. The molecule has 0 bridgehead atoms. The molecular formula is C56H52N6. The third-order valence-corrected chi connectivity index (χ3v) is 14.0. The summed E-state index contributed by atoms with van der Waals surface area (Å²) in [5.41, 5.74) is 7.63. The second-order valence-corrected chi connectivity index (χ2v) is 18.7. The Kier molecular flexibility index (Phi) is 9.07. The number of amidine groups is 2. The second-order valence-electron chi connectivity index (χ2n) is 18.7. The summed E-state index contributed by atoms with van der Waals surface area (Å²) < 4.78 is 0. The van der Waals surface area contributed by atoms with Crippen LogP contribution in [-0.2, 0) is 0 Å². The van der Waals surface area contributed by atoms with Crippen LogP contribution in [0.25, 0.3) is 54.9 Å². The SMILES string of the molecule is CC1(C)N=C(c2ccccc2)N(c2ccc(-c3c4ccccc4c(-c4ccc(N5C(c6ccccc6)=NC(C)(C)C5(C)C)nc4)c4cc(-c5ccccc5)ccc34)cn2)C1(C)C. The van der Waals surface area contributed by atoms with Crippen LogP contribution in [0.5, 0.6) is 0 Å². The number of pyridine rings is 2. The maximum atomic E-state index is 5.29. The molecule has 0 unspecified atom stereocenters. The number of aliphatic imine (C=N–C) groups is 2. The fraction of sp³-hybridized carbons (Fsp3) is 0.214. The van der Waals surface area contributed by atoms with Crippen LogP contribution >= 0.6 is 0 Å². The molecule has 306 valence electrons. The molecule has 62 heavy (non-hydrogen) atoms. The predicted molar refractivity (Wildman–Crippen MR) is 261 cm³/mol. The summed E-state index contributed by atoms with van der Waals surface area (Å²) in [6.07, 6.45) is 4.10. The first-order chi connectivity index (χ1) is 29.8. The molecule has 6 nitrogen and oxygen atoms in total. The molecule has 2 aromatic heterocycles. The van der Waals surface area contributed by atoms with Crippen LogP contribution in [0.3, 0.4) is 0 Å². The largest absolute Gasteiger partial charge is 0.303 e. The molecule has 6 aromatic carbocycles. The van der Waals surface area contributed by atoms with Crippen LogP contribution in [0.2, 0.25) is 0 Å². The van der Waals surface area contributed by atoms with Crippen molar-refractivity contribution in [3.8, 4) is 33.4 Å². The van der Waals surface area contributed by atoms with E-state index in [0.717, 1.165) is 83.8 Å². The van der Waals surface area contributed by atoms with E-state index < -0.39 is 0 Å². The van der Waals surface area contributed by atoms with Gasteiger partial charge in [-0.15, -0.1) is 0 Å². The van der Waals surface area contributed by atoms with E-state index >= 15 is 0 Å². The molecular weight excluding hydrogens is 757 g/mol. The van der Waals surface area contributed by atoms with Gasteiger partial charge in [-0.2, -0.15) is 0 Å². The van der Waals surface area contributed by atoms with Crippen LogP contribution in [0.4, 0.5) is 11.6 Å². The minimum absolute atomic E-state index is 0.318. The van der Waals surface area contributed by atoms with Crippen molar-refractivity contribution in [1.29, 1.82) is 0 Å². The van der Waals surface area contributed by atoms with Gasteiger partial charge in [0.05, 0.1) is 22.2 Å². The Balaban J connectivity index is 1.13. The summed E-state index contributed by atoms with van der Waals surface area (Å²) in [5, 5.41) is 4.64. The van der Waals surface area contributed by atoms with Crippen LogP contribution in [-0.4, -0.2) is 43.8 Å². The minimum Gasteiger partial charge on any atom is -0.303 e. The zero-order valence-corrected chi connectivity index (χ0v) is 36.8. The van der Waals surface area contributed by atoms with E-state index in [1.54, 1.807) is 0 Å². The van der Waals surface area contributed by atoms with E-state index in [-0.39, 0.29) is 22.2 Å². The highest BCUT2D eigenvalue weighted by Gasteiger charge is 2.51. The average molecular weight is 809 g/mol. The van der Waals surface area contributed by atoms with Crippen molar-refractivity contribution in [2.24, 2.45) is 9.98 Å². The van der Waals surface area contributed by atoms with Gasteiger partial charge in [-0.05, 0) is 130 Å². The third-order valence-electron chi connectivity index (χ3n) is 14.0. The zero-order chi connectivity index (χ0) is 43.0. The van der Waals surface area contributed by atoms with Crippen molar-refractivity contribution >= 4 is 44.9 Å². The molecule has 0 amide bonds. The molecule has 10 rings (SSSR count). The lowest BCUT2D eigenvalue weighted by molar-refractivity contribution is 0.337. The van der Waals surface area contributed by atoms with Crippen molar-refractivity contribution in [3.63, 3.8) is 0 Å². The predicted octanol–water partition coefficient (Wildman–Crippen LogP) is 13.4. The van der Waals surface area contributed by atoms with Gasteiger partial charge >= 0.3 is 0 Å². The summed E-state index contributed by atoms with van der Waals surface area (Å²) in [6, 6.07) is 56.1. The Morgan fingerprint density at radius 3 is 1.13 bits per heavy atom. The fourth-order valence-electron chi connectivity index (χ4n) is 9.27. The van der Waals surface area contributed by atoms with Gasteiger partial charge in [0.15, 0.2) is 0 Å². The highest BCUT2D eigenvalue weighted by atomic mass is 15.4. The molecule has 4 heterocycles. The summed E-state index contributed by atoms with van der Waals surface area (Å²) in [6.45, 7) is 17.9. The summed E-state index contributed by atoms with van der Waals surface area (Å²) in [7, 11) is 0. The van der Waals surface area contributed by atoms with Crippen molar-refractivity contribution in [2.45, 2.75) is 77.5 Å². The zero-order valence-electron chi connectivity index (χ0n) is 36.8. The molecule has 0 atom stereocenters. The maximum Gasteiger partial charge on any atom is 0.137 e. The van der Waals surface area contributed by atoms with E-state index in [1.165, 1.54) is 5.56 Å². The Labute approximate surface area is 365 Å². The Morgan fingerprint density at radius 1 is 0.339 bits per heavy atom. The highest BCUT2D eigenvalue weighted by molar-refractivity contribution is 6.22. The van der Waals surface area contributed by atoms with Gasteiger partial charge in [0.1, 0.15) is 23.3 Å². The quantitative estimate of drug-likeness (QED) is 0.151. The molecule has 0 aliphatic carbocycles. The lowest BCUT2D eigenvalue weighted by atomic mass is 9.83. The molecule has 6 heteroatoms. The maximum absolute atomic E-state index is 5.29. The number of hydrogen-bond acceptors (Lipinski definition) is 6. The number of hydrogen-bond donors (Lipinski definition) is 0. The van der Waals surface area contributed by atoms with Crippen LogP contribution < -0.4 is 9.80 Å². The molecule has 0 saturated heterocycles. The number of nitrogens with zero attached hydrogens (tertiary/aromatic N) is 6. The van der Waals surface area contributed by atoms with Crippen molar-refractivity contribution in [2.75, 3.05) is 9.80 Å². The Bertz CT molecular complexity index is 3040. The summed E-state index contributed by atoms with van der Waals surface area (Å²) >= 11 is 0. The monoisotopic (exact) mass is 808 g/mol. The topological polar surface area (TPSA) is 57.0 Å². The molecule has 0 saturated carbocycles. The van der Waals surface area contributed by atoms with Crippen LogP contribution in [0.1, 0.15) is 66.5 Å². The summed E-state index contributed by atoms with van der Waals surface area (Å²) in [4.78, 5) is 25.7. The van der Waals surface area contributed by atoms with E-state index in [4.69, 9.17) is 20.0 Å². The van der Waals surface area contributed by atoms with Crippen LogP contribution in [0, 0.1) is 0 Å². The van der Waals surface area contributed by atoms with Gasteiger partial charge in [0.25, 0.3) is 0 Å². The lowest BCUT2D eigenvalue weighted by Crippen LogP contribution is -2.53. The first-order valence-electron chi connectivity index (χ1n) is 21.6. The van der Waals surface area contributed by atoms with Gasteiger partial charge in [-0.3, -0.25) is 9.98 Å². The number of anilines is 2. The molecule has 2 aliphatic heterocycles. The molecule has 0 fully saturated rings. The standard InChI is InChI=1S/C56H52N6/c1-53(2)55(5,6)61(51(59-53)38-22-14-10-15-23-38)47-32-29-41(35-57-47)49-43-26-18-19-27-44(43)50(46-34-40(28-31-45(46)49)37-20-12-9-13-21-37)42-30-33-48(58-36-42)62-52(39-24-16-11-17-25-39)60-54(3,4)56(62,7)8/h9-36H,1-8H3. The van der Waals surface area contributed by atoms with E-state index in [9.17, 15) is 0 Å². The van der Waals surface area contributed by atoms with Crippen molar-refractivity contribution < 1.29 is 0 Å². The first kappa shape index (κ1) is 39.2. The first-order valence-corrected chi connectivity index (χ1v) is 21.6. The molecule has 8 aromatic rings. The van der Waals surface area contributed by atoms with E-state index in [2.05, 4.69) is 217 Å². The second kappa shape index (κ2) is 14.3. The van der Waals surface area contributed by atoms with Gasteiger partial charge in [0, 0.05) is 34.6 Å². The van der Waals surface area contributed by atoms with Crippen molar-refractivity contribution in [1.82, 2.24) is 9.97 Å². The Morgan fingerprint density at radius 2 is 0.710 bits per heavy atom. The molecule has 0 radical (unpaired) electrons. The number of aromatic nitrogens is 2. The molecule has 0 N–H and O–H groups in total. The lowest BCUT2D eigenvalue weighted by Gasteiger charge is -2.40. The average Bonchev–Trinajstić information content (AvgIpc) is 3.61.